The van der Waals surface area contributed by atoms with Crippen molar-refractivity contribution in [2.24, 2.45) is 0 Å². The summed E-state index contributed by atoms with van der Waals surface area (Å²) < 4.78 is 30.2. The van der Waals surface area contributed by atoms with Crippen molar-refractivity contribution in [2.45, 2.75) is 6.04 Å². The van der Waals surface area contributed by atoms with Crippen LogP contribution in [0.2, 0.25) is 0 Å². The predicted octanol–water partition coefficient (Wildman–Crippen LogP) is 0.985. The monoisotopic (exact) mass is 375 g/mol. The molecule has 0 saturated carbocycles. The maximum atomic E-state index is 13.0. The molecule has 0 aliphatic carbocycles. The van der Waals surface area contributed by atoms with E-state index in [1.54, 1.807) is 36.6 Å². The Morgan fingerprint density at radius 2 is 2.00 bits per heavy atom. The van der Waals surface area contributed by atoms with Crippen molar-refractivity contribution in [3.63, 3.8) is 0 Å². The number of amides is 2. The zero-order valence-electron chi connectivity index (χ0n) is 14.0. The molecule has 2 aliphatic rings. The van der Waals surface area contributed by atoms with Crippen LogP contribution in [0.15, 0.2) is 41.0 Å². The molecule has 0 bridgehead atoms. The van der Waals surface area contributed by atoms with E-state index in [2.05, 4.69) is 5.32 Å². The quantitative estimate of drug-likeness (QED) is 0.844. The van der Waals surface area contributed by atoms with Gasteiger partial charge in [-0.05, 0) is 30.3 Å². The Morgan fingerprint density at radius 1 is 1.19 bits per heavy atom. The summed E-state index contributed by atoms with van der Waals surface area (Å²) in [5.74, 6) is -0.0734. The lowest BCUT2D eigenvalue weighted by molar-refractivity contribution is -0.121. The van der Waals surface area contributed by atoms with E-state index in [1.165, 1.54) is 9.21 Å². The fourth-order valence-corrected chi connectivity index (χ4v) is 4.15. The Labute approximate surface area is 150 Å². The van der Waals surface area contributed by atoms with E-state index in [1.807, 2.05) is 0 Å². The molecule has 26 heavy (non-hydrogen) atoms. The third-order valence-corrected chi connectivity index (χ3v) is 5.96. The van der Waals surface area contributed by atoms with Gasteiger partial charge in [-0.25, -0.2) is 8.42 Å². The molecule has 3 heterocycles. The molecular weight excluding hydrogens is 358 g/mol. The SMILES string of the molecule is CS(=O)(=O)N1CCN2C(=O)c3cc(-c4ccco4)ccc3NC(=O)C2C1. The third kappa shape index (κ3) is 2.78. The molecule has 1 saturated heterocycles. The third-order valence-electron chi connectivity index (χ3n) is 4.69. The van der Waals surface area contributed by atoms with Gasteiger partial charge in [0.15, 0.2) is 0 Å². The van der Waals surface area contributed by atoms with Gasteiger partial charge >= 0.3 is 0 Å². The number of nitrogens with one attached hydrogen (secondary N) is 1. The number of sulfonamides is 1. The summed E-state index contributed by atoms with van der Waals surface area (Å²) in [6.07, 6.45) is 2.65. The second-order valence-electron chi connectivity index (χ2n) is 6.36. The Kier molecular flexibility index (Phi) is 3.85. The lowest BCUT2D eigenvalue weighted by Gasteiger charge is -2.38. The first-order chi connectivity index (χ1) is 12.3. The van der Waals surface area contributed by atoms with Crippen molar-refractivity contribution in [2.75, 3.05) is 31.2 Å². The van der Waals surface area contributed by atoms with Crippen molar-refractivity contribution in [3.05, 3.63) is 42.2 Å². The van der Waals surface area contributed by atoms with Crippen molar-refractivity contribution in [1.29, 1.82) is 0 Å². The zero-order chi connectivity index (χ0) is 18.5. The summed E-state index contributed by atoms with van der Waals surface area (Å²) >= 11 is 0. The number of fused-ring (bicyclic) bond motifs is 2. The van der Waals surface area contributed by atoms with Gasteiger partial charge in [-0.15, -0.1) is 0 Å². The lowest BCUT2D eigenvalue weighted by Crippen LogP contribution is -2.59. The van der Waals surface area contributed by atoms with Gasteiger partial charge < -0.3 is 14.6 Å². The molecule has 9 heteroatoms. The van der Waals surface area contributed by atoms with Crippen LogP contribution in [0, 0.1) is 0 Å². The molecule has 0 radical (unpaired) electrons. The molecule has 1 aromatic carbocycles. The number of carbonyl (C=O) groups excluding carboxylic acids is 2. The highest BCUT2D eigenvalue weighted by Gasteiger charge is 2.41. The number of furan rings is 1. The molecular formula is C17H17N3O5S. The van der Waals surface area contributed by atoms with E-state index < -0.39 is 22.0 Å². The van der Waals surface area contributed by atoms with Crippen LogP contribution in [0.5, 0.6) is 0 Å². The van der Waals surface area contributed by atoms with Gasteiger partial charge in [-0.1, -0.05) is 0 Å². The highest BCUT2D eigenvalue weighted by molar-refractivity contribution is 7.88. The molecule has 1 N–H and O–H groups in total. The minimum atomic E-state index is -3.43. The van der Waals surface area contributed by atoms with Crippen LogP contribution in [0.25, 0.3) is 11.3 Å². The first kappa shape index (κ1) is 16.8. The number of hydrogen-bond donors (Lipinski definition) is 1. The normalized spacial score (nSPS) is 21.0. The Hall–Kier alpha value is -2.65. The molecule has 1 aromatic heterocycles. The molecule has 0 spiro atoms. The minimum Gasteiger partial charge on any atom is -0.464 e. The van der Waals surface area contributed by atoms with Gasteiger partial charge in [0.2, 0.25) is 15.9 Å². The van der Waals surface area contributed by atoms with E-state index in [4.69, 9.17) is 4.42 Å². The van der Waals surface area contributed by atoms with E-state index >= 15 is 0 Å². The molecule has 4 rings (SSSR count). The van der Waals surface area contributed by atoms with E-state index in [9.17, 15) is 18.0 Å². The Balaban J connectivity index is 1.72. The number of anilines is 1. The number of hydrogen-bond acceptors (Lipinski definition) is 5. The summed E-state index contributed by atoms with van der Waals surface area (Å²) in [4.78, 5) is 27.1. The predicted molar refractivity (Wildman–Crippen MR) is 94.0 cm³/mol. The maximum Gasteiger partial charge on any atom is 0.256 e. The van der Waals surface area contributed by atoms with E-state index in [-0.39, 0.29) is 25.5 Å². The van der Waals surface area contributed by atoms with Crippen LogP contribution in [-0.4, -0.2) is 61.4 Å². The summed E-state index contributed by atoms with van der Waals surface area (Å²) in [6.45, 7) is 0.283. The van der Waals surface area contributed by atoms with Crippen molar-refractivity contribution in [3.8, 4) is 11.3 Å². The van der Waals surface area contributed by atoms with Gasteiger partial charge in [0.05, 0.1) is 23.8 Å². The Bertz CT molecular complexity index is 984. The number of carbonyl (C=O) groups is 2. The Morgan fingerprint density at radius 3 is 2.69 bits per heavy atom. The molecule has 1 fully saturated rings. The molecule has 1 atom stereocenters. The highest BCUT2D eigenvalue weighted by atomic mass is 32.2. The summed E-state index contributed by atoms with van der Waals surface area (Å²) in [5.41, 5.74) is 1.50. The van der Waals surface area contributed by atoms with Crippen molar-refractivity contribution < 1.29 is 22.4 Å². The molecule has 136 valence electrons. The molecule has 8 nitrogen and oxygen atoms in total. The number of nitrogens with zero attached hydrogens (tertiary/aromatic N) is 2. The van der Waals surface area contributed by atoms with E-state index in [0.717, 1.165) is 11.8 Å². The standard InChI is InChI=1S/C17H17N3O5S/c1-26(23,24)19-6-7-20-14(10-19)16(21)18-13-5-4-11(9-12(13)17(20)22)15-3-2-8-25-15/h2-5,8-9,14H,6-7,10H2,1H3,(H,18,21). The minimum absolute atomic E-state index is 0.0462. The average molecular weight is 375 g/mol. The van der Waals surface area contributed by atoms with Crippen LogP contribution in [0.1, 0.15) is 10.4 Å². The average Bonchev–Trinajstić information content (AvgIpc) is 3.11. The zero-order valence-corrected chi connectivity index (χ0v) is 14.8. The fourth-order valence-electron chi connectivity index (χ4n) is 3.32. The molecule has 1 unspecified atom stereocenters. The van der Waals surface area contributed by atoms with Gasteiger partial charge in [0.1, 0.15) is 11.8 Å². The summed E-state index contributed by atoms with van der Waals surface area (Å²) in [5, 5.41) is 2.74. The van der Waals surface area contributed by atoms with Crippen LogP contribution >= 0.6 is 0 Å². The molecule has 2 aromatic rings. The van der Waals surface area contributed by atoms with Gasteiger partial charge in [-0.3, -0.25) is 9.59 Å². The van der Waals surface area contributed by atoms with Crippen LogP contribution < -0.4 is 5.32 Å². The second-order valence-corrected chi connectivity index (χ2v) is 8.34. The van der Waals surface area contributed by atoms with Crippen molar-refractivity contribution >= 4 is 27.5 Å². The van der Waals surface area contributed by atoms with Crippen LogP contribution in [0.4, 0.5) is 5.69 Å². The first-order valence-corrected chi connectivity index (χ1v) is 9.94. The van der Waals surface area contributed by atoms with Crippen molar-refractivity contribution in [1.82, 2.24) is 9.21 Å². The highest BCUT2D eigenvalue weighted by Crippen LogP contribution is 2.30. The second kappa shape index (κ2) is 5.96. The van der Waals surface area contributed by atoms with Crippen LogP contribution in [-0.2, 0) is 14.8 Å². The number of rotatable bonds is 2. The molecule has 2 aliphatic heterocycles. The molecule has 2 amide bonds. The van der Waals surface area contributed by atoms with Crippen LogP contribution in [0.3, 0.4) is 0 Å². The van der Waals surface area contributed by atoms with Gasteiger partial charge in [0, 0.05) is 25.2 Å². The van der Waals surface area contributed by atoms with Gasteiger partial charge in [-0.2, -0.15) is 4.31 Å². The summed E-state index contributed by atoms with van der Waals surface area (Å²) in [6, 6.07) is 7.79. The lowest BCUT2D eigenvalue weighted by atomic mass is 10.1. The number of piperazine rings is 1. The first-order valence-electron chi connectivity index (χ1n) is 8.09. The number of benzene rings is 1. The van der Waals surface area contributed by atoms with E-state index in [0.29, 0.717) is 17.0 Å². The largest absolute Gasteiger partial charge is 0.464 e. The fraction of sp³-hybridized carbons (Fsp3) is 0.294. The smallest absolute Gasteiger partial charge is 0.256 e. The topological polar surface area (TPSA) is 99.9 Å². The maximum absolute atomic E-state index is 13.0. The summed E-state index contributed by atoms with van der Waals surface area (Å²) in [7, 11) is -3.43. The van der Waals surface area contributed by atoms with Gasteiger partial charge in [0.25, 0.3) is 5.91 Å².